The Morgan fingerprint density at radius 1 is 1.21 bits per heavy atom. The number of aromatic amines is 1. The Morgan fingerprint density at radius 3 is 2.59 bits per heavy atom. The van der Waals surface area contributed by atoms with E-state index in [9.17, 15) is 9.59 Å². The highest BCUT2D eigenvalue weighted by Crippen LogP contribution is 2.36. The first-order chi connectivity index (χ1) is 14.0. The summed E-state index contributed by atoms with van der Waals surface area (Å²) in [5, 5.41) is 20.2. The van der Waals surface area contributed by atoms with Gasteiger partial charge in [0, 0.05) is 35.7 Å². The predicted molar refractivity (Wildman–Crippen MR) is 108 cm³/mol. The lowest BCUT2D eigenvalue weighted by atomic mass is 9.86. The minimum atomic E-state index is -0.791. The van der Waals surface area contributed by atoms with Gasteiger partial charge in [-0.2, -0.15) is 0 Å². The quantitative estimate of drug-likeness (QED) is 0.581. The van der Waals surface area contributed by atoms with Crippen molar-refractivity contribution in [2.75, 3.05) is 19.6 Å². The molecule has 1 aliphatic carbocycles. The summed E-state index contributed by atoms with van der Waals surface area (Å²) in [7, 11) is 0. The van der Waals surface area contributed by atoms with E-state index in [2.05, 4.69) is 22.4 Å². The zero-order valence-corrected chi connectivity index (χ0v) is 16.3. The minimum absolute atomic E-state index is 0.0850. The number of aliphatic carboxylic acids is 1. The average molecular weight is 401 g/mol. The van der Waals surface area contributed by atoms with Gasteiger partial charge in [0.2, 0.25) is 5.91 Å². The molecule has 1 aromatic carbocycles. The number of H-pyrrole nitrogens is 1. The number of fused-ring (bicyclic) bond motifs is 3. The molecule has 0 bridgehead atoms. The fraction of sp³-hybridized carbons (Fsp3) is 0.476. The third-order valence-corrected chi connectivity index (χ3v) is 5.72. The summed E-state index contributed by atoms with van der Waals surface area (Å²) in [6, 6.07) is 8.40. The van der Waals surface area contributed by atoms with Crippen LogP contribution in [0.1, 0.15) is 42.9 Å². The van der Waals surface area contributed by atoms with E-state index in [4.69, 9.17) is 15.0 Å². The number of nitrogens with one attached hydrogen (secondary N) is 2. The largest absolute Gasteiger partial charge is 0.483 e. The second kappa shape index (κ2) is 9.56. The molecule has 0 radical (unpaired) electrons. The summed E-state index contributed by atoms with van der Waals surface area (Å²) in [5.41, 5.74) is 3.49. The van der Waals surface area contributed by atoms with Gasteiger partial charge in [-0.15, -0.1) is 0 Å². The average Bonchev–Trinajstić information content (AvgIpc) is 3.08. The molecule has 2 aromatic rings. The van der Waals surface area contributed by atoms with Crippen molar-refractivity contribution >= 4 is 29.3 Å². The number of para-hydroxylation sites is 1. The van der Waals surface area contributed by atoms with Crippen molar-refractivity contribution in [3.8, 4) is 0 Å². The maximum atomic E-state index is 12.9. The molecule has 0 saturated carbocycles. The lowest BCUT2D eigenvalue weighted by molar-refractivity contribution is -0.138. The van der Waals surface area contributed by atoms with E-state index < -0.39 is 5.97 Å². The van der Waals surface area contributed by atoms with Gasteiger partial charge in [0.25, 0.3) is 6.47 Å². The fourth-order valence-electron chi connectivity index (χ4n) is 4.41. The molecule has 29 heavy (non-hydrogen) atoms. The van der Waals surface area contributed by atoms with Crippen LogP contribution in [-0.2, 0) is 20.8 Å². The van der Waals surface area contributed by atoms with Crippen molar-refractivity contribution in [2.24, 2.45) is 0 Å². The Morgan fingerprint density at radius 2 is 1.90 bits per heavy atom. The van der Waals surface area contributed by atoms with Gasteiger partial charge >= 0.3 is 5.97 Å². The maximum Gasteiger partial charge on any atom is 0.317 e. The van der Waals surface area contributed by atoms with Crippen LogP contribution in [0.5, 0.6) is 0 Å². The summed E-state index contributed by atoms with van der Waals surface area (Å²) in [6.07, 6.45) is 4.56. The fourth-order valence-corrected chi connectivity index (χ4v) is 4.41. The van der Waals surface area contributed by atoms with Crippen molar-refractivity contribution in [3.05, 3.63) is 35.5 Å². The van der Waals surface area contributed by atoms with Crippen LogP contribution >= 0.6 is 0 Å². The molecule has 1 unspecified atom stereocenters. The number of likely N-dealkylation sites (tertiary alicyclic amines) is 1. The molecule has 1 fully saturated rings. The van der Waals surface area contributed by atoms with Gasteiger partial charge < -0.3 is 20.5 Å². The predicted octanol–water partition coefficient (Wildman–Crippen LogP) is 1.95. The lowest BCUT2D eigenvalue weighted by Crippen LogP contribution is -2.47. The van der Waals surface area contributed by atoms with Crippen molar-refractivity contribution in [2.45, 2.75) is 44.1 Å². The number of rotatable bonds is 4. The van der Waals surface area contributed by atoms with E-state index in [1.165, 1.54) is 10.9 Å². The van der Waals surface area contributed by atoms with Crippen LogP contribution in [0.3, 0.4) is 0 Å². The van der Waals surface area contributed by atoms with Crippen LogP contribution < -0.4 is 5.32 Å². The standard InChI is InChI=1S/C20H25N3O3.CH2O2/c24-18(25)12-23-10-8-13(9-11-23)21-20(26)16-6-3-5-15-14-4-1-2-7-17(14)22-19(15)16;2-1-3/h1-2,4,7,13,16,22H,3,5-6,8-12H2,(H,21,26)(H,24,25);1H,(H,2,3). The van der Waals surface area contributed by atoms with Crippen molar-refractivity contribution in [1.29, 1.82) is 0 Å². The highest BCUT2D eigenvalue weighted by Gasteiger charge is 2.31. The second-order valence-electron chi connectivity index (χ2n) is 7.57. The molecule has 2 aliphatic rings. The van der Waals surface area contributed by atoms with Crippen LogP contribution in [0.25, 0.3) is 10.9 Å². The molecular formula is C21H27N3O5. The Labute approximate surface area is 168 Å². The Balaban J connectivity index is 0.000000755. The topological polar surface area (TPSA) is 123 Å². The van der Waals surface area contributed by atoms with Gasteiger partial charge in [-0.3, -0.25) is 19.3 Å². The minimum Gasteiger partial charge on any atom is -0.483 e. The number of carboxylic acid groups (broad SMARTS) is 2. The number of hydrogen-bond donors (Lipinski definition) is 4. The molecule has 1 aromatic heterocycles. The number of hydrogen-bond acceptors (Lipinski definition) is 4. The number of piperidine rings is 1. The van der Waals surface area contributed by atoms with Crippen LogP contribution in [0.2, 0.25) is 0 Å². The molecule has 1 amide bonds. The monoisotopic (exact) mass is 401 g/mol. The van der Waals surface area contributed by atoms with Gasteiger partial charge in [0.1, 0.15) is 0 Å². The smallest absolute Gasteiger partial charge is 0.317 e. The number of carboxylic acids is 1. The SMILES string of the molecule is O=C(O)CN1CCC(NC(=O)C2CCCc3c2[nH]c2ccccc32)CC1.O=CO. The summed E-state index contributed by atoms with van der Waals surface area (Å²) in [6.45, 7) is 1.28. The lowest BCUT2D eigenvalue weighted by Gasteiger charge is -2.32. The molecule has 8 heteroatoms. The van der Waals surface area contributed by atoms with Gasteiger partial charge in [-0.1, -0.05) is 18.2 Å². The normalized spacial score (nSPS) is 19.7. The number of aromatic nitrogens is 1. The van der Waals surface area contributed by atoms with Crippen LogP contribution in [-0.4, -0.2) is 64.1 Å². The Kier molecular flexibility index (Phi) is 6.87. The van der Waals surface area contributed by atoms with Crippen molar-refractivity contribution in [3.63, 3.8) is 0 Å². The van der Waals surface area contributed by atoms with E-state index in [0.717, 1.165) is 56.4 Å². The molecule has 8 nitrogen and oxygen atoms in total. The van der Waals surface area contributed by atoms with Crippen LogP contribution in [0, 0.1) is 0 Å². The van der Waals surface area contributed by atoms with Gasteiger partial charge in [0.05, 0.1) is 12.5 Å². The number of benzene rings is 1. The molecule has 156 valence electrons. The Bertz CT molecular complexity index is 870. The molecule has 0 spiro atoms. The van der Waals surface area contributed by atoms with E-state index in [-0.39, 0.29) is 30.9 Å². The first kappa shape index (κ1) is 20.9. The van der Waals surface area contributed by atoms with E-state index >= 15 is 0 Å². The first-order valence-corrected chi connectivity index (χ1v) is 9.95. The third-order valence-electron chi connectivity index (χ3n) is 5.72. The van der Waals surface area contributed by atoms with E-state index in [1.807, 2.05) is 17.0 Å². The first-order valence-electron chi connectivity index (χ1n) is 9.95. The summed E-state index contributed by atoms with van der Waals surface area (Å²) < 4.78 is 0. The van der Waals surface area contributed by atoms with Crippen LogP contribution in [0.4, 0.5) is 0 Å². The molecule has 4 N–H and O–H groups in total. The third kappa shape index (κ3) is 4.95. The number of nitrogens with zero attached hydrogens (tertiary/aromatic N) is 1. The Hall–Kier alpha value is -2.87. The van der Waals surface area contributed by atoms with Crippen molar-refractivity contribution < 1.29 is 24.6 Å². The zero-order chi connectivity index (χ0) is 20.8. The molecular weight excluding hydrogens is 374 g/mol. The summed E-state index contributed by atoms with van der Waals surface area (Å²) in [5.74, 6) is -0.793. The molecule has 4 rings (SSSR count). The molecule has 1 atom stereocenters. The number of amides is 1. The number of aryl methyl sites for hydroxylation is 1. The molecule has 1 aliphatic heterocycles. The maximum absolute atomic E-state index is 12.9. The zero-order valence-electron chi connectivity index (χ0n) is 16.3. The second-order valence-corrected chi connectivity index (χ2v) is 7.57. The van der Waals surface area contributed by atoms with Crippen LogP contribution in [0.15, 0.2) is 24.3 Å². The van der Waals surface area contributed by atoms with Crippen molar-refractivity contribution in [1.82, 2.24) is 15.2 Å². The number of carbonyl (C=O) groups is 3. The highest BCUT2D eigenvalue weighted by molar-refractivity contribution is 5.90. The van der Waals surface area contributed by atoms with Gasteiger partial charge in [-0.05, 0) is 43.7 Å². The van der Waals surface area contributed by atoms with E-state index in [1.54, 1.807) is 0 Å². The number of carbonyl (C=O) groups excluding carboxylic acids is 1. The summed E-state index contributed by atoms with van der Waals surface area (Å²) in [4.78, 5) is 37.5. The molecule has 2 heterocycles. The molecule has 1 saturated heterocycles. The summed E-state index contributed by atoms with van der Waals surface area (Å²) >= 11 is 0. The van der Waals surface area contributed by atoms with Gasteiger partial charge in [0.15, 0.2) is 0 Å². The van der Waals surface area contributed by atoms with Gasteiger partial charge in [-0.25, -0.2) is 0 Å². The van der Waals surface area contributed by atoms with E-state index in [0.29, 0.717) is 0 Å². The highest BCUT2D eigenvalue weighted by atomic mass is 16.4.